The number of benzene rings is 2. The maximum atomic E-state index is 13.8. The van der Waals surface area contributed by atoms with Crippen LogP contribution in [0.25, 0.3) is 0 Å². The maximum Gasteiger partial charge on any atom is 0.339 e. The molecule has 0 saturated heterocycles. The molecule has 0 aliphatic heterocycles. The standard InChI is InChI=1S/C15H13BrFNO4S/c1-9-3-5-12(17)13(7-9)18-23(20,21)14-6-4-10(16)8-11(14)15(19)22-2/h3-8,18H,1-2H3. The Labute approximate surface area is 141 Å². The van der Waals surface area contributed by atoms with Crippen LogP contribution in [0, 0.1) is 12.7 Å². The summed E-state index contributed by atoms with van der Waals surface area (Å²) in [6.45, 7) is 1.71. The van der Waals surface area contributed by atoms with Crippen LogP contribution in [0.15, 0.2) is 45.8 Å². The molecule has 2 aromatic rings. The highest BCUT2D eigenvalue weighted by Crippen LogP contribution is 2.25. The third-order valence-corrected chi connectivity index (χ3v) is 4.92. The van der Waals surface area contributed by atoms with E-state index < -0.39 is 21.8 Å². The molecule has 2 rings (SSSR count). The number of halogens is 2. The van der Waals surface area contributed by atoms with Gasteiger partial charge in [0.05, 0.1) is 18.4 Å². The van der Waals surface area contributed by atoms with E-state index in [4.69, 9.17) is 0 Å². The molecular formula is C15H13BrFNO4S. The summed E-state index contributed by atoms with van der Waals surface area (Å²) in [6.07, 6.45) is 0. The van der Waals surface area contributed by atoms with E-state index in [9.17, 15) is 17.6 Å². The van der Waals surface area contributed by atoms with Gasteiger partial charge in [0.25, 0.3) is 10.0 Å². The molecule has 0 radical (unpaired) electrons. The molecule has 0 heterocycles. The quantitative estimate of drug-likeness (QED) is 0.795. The largest absolute Gasteiger partial charge is 0.465 e. The van der Waals surface area contributed by atoms with Crippen LogP contribution >= 0.6 is 15.9 Å². The fourth-order valence-corrected chi connectivity index (χ4v) is 3.52. The smallest absolute Gasteiger partial charge is 0.339 e. The summed E-state index contributed by atoms with van der Waals surface area (Å²) in [7, 11) is -3.02. The molecule has 0 aliphatic carbocycles. The van der Waals surface area contributed by atoms with Gasteiger partial charge < -0.3 is 4.74 Å². The van der Waals surface area contributed by atoms with Crippen LogP contribution in [0.2, 0.25) is 0 Å². The van der Waals surface area contributed by atoms with Gasteiger partial charge in [-0.25, -0.2) is 17.6 Å². The van der Waals surface area contributed by atoms with E-state index in [0.717, 1.165) is 13.2 Å². The zero-order chi connectivity index (χ0) is 17.2. The summed E-state index contributed by atoms with van der Waals surface area (Å²) < 4.78 is 46.1. The number of methoxy groups -OCH3 is 1. The number of nitrogens with one attached hydrogen (secondary N) is 1. The molecule has 1 N–H and O–H groups in total. The number of sulfonamides is 1. The first-order valence-corrected chi connectivity index (χ1v) is 8.69. The van der Waals surface area contributed by atoms with E-state index in [2.05, 4.69) is 25.4 Å². The van der Waals surface area contributed by atoms with Gasteiger partial charge in [-0.05, 0) is 42.8 Å². The zero-order valence-corrected chi connectivity index (χ0v) is 14.7. The maximum absolute atomic E-state index is 13.8. The van der Waals surface area contributed by atoms with Gasteiger partial charge in [0.2, 0.25) is 0 Å². The Morgan fingerprint density at radius 2 is 1.91 bits per heavy atom. The molecule has 5 nitrogen and oxygen atoms in total. The molecule has 0 amide bonds. The van der Waals surface area contributed by atoms with Crippen LogP contribution in [0.5, 0.6) is 0 Å². The number of hydrogen-bond acceptors (Lipinski definition) is 4. The Hall–Kier alpha value is -1.93. The molecule has 0 aliphatic rings. The van der Waals surface area contributed by atoms with E-state index in [1.165, 1.54) is 30.3 Å². The van der Waals surface area contributed by atoms with Crippen molar-refractivity contribution in [2.75, 3.05) is 11.8 Å². The molecule has 23 heavy (non-hydrogen) atoms. The number of anilines is 1. The van der Waals surface area contributed by atoms with E-state index in [0.29, 0.717) is 10.0 Å². The van der Waals surface area contributed by atoms with Crippen LogP contribution in [-0.4, -0.2) is 21.5 Å². The molecule has 0 saturated carbocycles. The third-order valence-electron chi connectivity index (χ3n) is 3.00. The van der Waals surface area contributed by atoms with Crippen LogP contribution in [0.3, 0.4) is 0 Å². The first kappa shape index (κ1) is 17.4. The van der Waals surface area contributed by atoms with Gasteiger partial charge in [0, 0.05) is 4.47 Å². The Kier molecular flexibility index (Phi) is 5.06. The van der Waals surface area contributed by atoms with Crippen molar-refractivity contribution >= 4 is 37.6 Å². The SMILES string of the molecule is COC(=O)c1cc(Br)ccc1S(=O)(=O)Nc1cc(C)ccc1F. The lowest BCUT2D eigenvalue weighted by atomic mass is 10.2. The lowest BCUT2D eigenvalue weighted by molar-refractivity contribution is 0.0596. The monoisotopic (exact) mass is 401 g/mol. The van der Waals surface area contributed by atoms with E-state index in [1.807, 2.05) is 0 Å². The topological polar surface area (TPSA) is 72.5 Å². The molecule has 0 spiro atoms. The lowest BCUT2D eigenvalue weighted by Gasteiger charge is -2.12. The van der Waals surface area contributed by atoms with Crippen molar-refractivity contribution in [3.8, 4) is 0 Å². The van der Waals surface area contributed by atoms with E-state index in [-0.39, 0.29) is 16.1 Å². The minimum atomic E-state index is -4.17. The molecule has 122 valence electrons. The van der Waals surface area contributed by atoms with Gasteiger partial charge in [0.1, 0.15) is 10.7 Å². The van der Waals surface area contributed by atoms with Crippen molar-refractivity contribution < 1.29 is 22.3 Å². The number of aryl methyl sites for hydroxylation is 1. The van der Waals surface area contributed by atoms with E-state index >= 15 is 0 Å². The summed E-state index contributed by atoms with van der Waals surface area (Å²) >= 11 is 3.17. The van der Waals surface area contributed by atoms with Crippen molar-refractivity contribution in [2.45, 2.75) is 11.8 Å². The Morgan fingerprint density at radius 1 is 1.22 bits per heavy atom. The third kappa shape index (κ3) is 3.89. The van der Waals surface area contributed by atoms with Crippen molar-refractivity contribution in [3.05, 3.63) is 57.8 Å². The molecule has 0 bridgehead atoms. The highest BCUT2D eigenvalue weighted by molar-refractivity contribution is 9.10. The highest BCUT2D eigenvalue weighted by atomic mass is 79.9. The number of rotatable bonds is 4. The fourth-order valence-electron chi connectivity index (χ4n) is 1.92. The minimum Gasteiger partial charge on any atom is -0.465 e. The molecule has 8 heteroatoms. The first-order chi connectivity index (χ1) is 10.7. The van der Waals surface area contributed by atoms with Gasteiger partial charge in [-0.3, -0.25) is 4.72 Å². The average Bonchev–Trinajstić information content (AvgIpc) is 2.49. The van der Waals surface area contributed by atoms with Gasteiger partial charge in [-0.15, -0.1) is 0 Å². The number of esters is 1. The van der Waals surface area contributed by atoms with Crippen LogP contribution in [0.4, 0.5) is 10.1 Å². The average molecular weight is 402 g/mol. The van der Waals surface area contributed by atoms with Crippen LogP contribution in [0.1, 0.15) is 15.9 Å². The molecular weight excluding hydrogens is 389 g/mol. The summed E-state index contributed by atoms with van der Waals surface area (Å²) in [5.74, 6) is -1.52. The second kappa shape index (κ2) is 6.67. The number of carbonyl (C=O) groups excluding carboxylic acids is 1. The zero-order valence-electron chi connectivity index (χ0n) is 12.3. The predicted octanol–water partition coefficient (Wildman–Crippen LogP) is 3.48. The highest BCUT2D eigenvalue weighted by Gasteiger charge is 2.24. The van der Waals surface area contributed by atoms with Crippen molar-refractivity contribution in [2.24, 2.45) is 0 Å². The Balaban J connectivity index is 2.52. The summed E-state index contributed by atoms with van der Waals surface area (Å²) in [5, 5.41) is 0. The van der Waals surface area contributed by atoms with E-state index in [1.54, 1.807) is 6.92 Å². The van der Waals surface area contributed by atoms with Crippen LogP contribution in [-0.2, 0) is 14.8 Å². The molecule has 0 unspecified atom stereocenters. The van der Waals surface area contributed by atoms with Gasteiger partial charge >= 0.3 is 5.97 Å². The molecule has 2 aromatic carbocycles. The Bertz CT molecular complexity index is 868. The molecule has 0 aromatic heterocycles. The second-order valence-corrected chi connectivity index (χ2v) is 7.29. The normalized spacial score (nSPS) is 11.1. The fraction of sp³-hybridized carbons (Fsp3) is 0.133. The number of carbonyl (C=O) groups is 1. The summed E-state index contributed by atoms with van der Waals surface area (Å²) in [5.41, 5.74) is 0.347. The first-order valence-electron chi connectivity index (χ1n) is 6.41. The van der Waals surface area contributed by atoms with Crippen molar-refractivity contribution in [1.29, 1.82) is 0 Å². The minimum absolute atomic E-state index is 0.151. The van der Waals surface area contributed by atoms with Crippen LogP contribution < -0.4 is 4.72 Å². The number of ether oxygens (including phenoxy) is 1. The van der Waals surface area contributed by atoms with Gasteiger partial charge in [0.15, 0.2) is 0 Å². The van der Waals surface area contributed by atoms with Gasteiger partial charge in [-0.1, -0.05) is 22.0 Å². The van der Waals surface area contributed by atoms with Crippen molar-refractivity contribution in [3.63, 3.8) is 0 Å². The Morgan fingerprint density at radius 3 is 2.57 bits per heavy atom. The summed E-state index contributed by atoms with van der Waals surface area (Å²) in [6, 6.07) is 8.08. The van der Waals surface area contributed by atoms with Gasteiger partial charge in [-0.2, -0.15) is 0 Å². The molecule has 0 atom stereocenters. The number of hydrogen-bond donors (Lipinski definition) is 1. The summed E-state index contributed by atoms with van der Waals surface area (Å²) in [4.78, 5) is 11.5. The predicted molar refractivity (Wildman–Crippen MR) is 87.4 cm³/mol. The molecule has 0 fully saturated rings. The lowest BCUT2D eigenvalue weighted by Crippen LogP contribution is -2.18. The second-order valence-electron chi connectivity index (χ2n) is 4.72. The van der Waals surface area contributed by atoms with Crippen molar-refractivity contribution in [1.82, 2.24) is 0 Å².